The average Bonchev–Trinajstić information content (AvgIpc) is 2.80. The first-order valence-electron chi connectivity index (χ1n) is 9.83. The lowest BCUT2D eigenvalue weighted by atomic mass is 10.00. The van der Waals surface area contributed by atoms with Crippen molar-refractivity contribution in [2.24, 2.45) is 12.0 Å². The molecule has 0 aliphatic heterocycles. The van der Waals surface area contributed by atoms with E-state index in [0.29, 0.717) is 6.54 Å². The number of hydrogen-bond acceptors (Lipinski definition) is 2. The molecule has 1 atom stereocenters. The summed E-state index contributed by atoms with van der Waals surface area (Å²) in [5.74, 6) is 0.864. The number of nitrogens with one attached hydrogen (secondary N) is 2. The number of aliphatic imine (C=N–C) groups is 1. The van der Waals surface area contributed by atoms with Gasteiger partial charge in [0.05, 0.1) is 12.2 Å². The highest BCUT2D eigenvalue weighted by atomic mass is 15.3. The highest BCUT2D eigenvalue weighted by molar-refractivity contribution is 5.80. The van der Waals surface area contributed by atoms with Crippen LogP contribution in [-0.2, 0) is 20.0 Å². The standard InChI is InChI=1S/C22H35N5/c1-9-23-22(24-13-21-15(3)10-14(2)11-16(21)4)25-17(5)12-20-18(6)26-27(8)19(20)7/h10-11,17H,9,12-13H2,1-8H3,(H2,23,24,25). The van der Waals surface area contributed by atoms with Crippen LogP contribution in [0.15, 0.2) is 17.1 Å². The molecular formula is C22H35N5. The monoisotopic (exact) mass is 369 g/mol. The summed E-state index contributed by atoms with van der Waals surface area (Å²) in [5.41, 5.74) is 8.88. The minimum absolute atomic E-state index is 0.268. The van der Waals surface area contributed by atoms with Crippen molar-refractivity contribution in [3.63, 3.8) is 0 Å². The molecule has 0 bridgehead atoms. The normalized spacial score (nSPS) is 13.0. The summed E-state index contributed by atoms with van der Waals surface area (Å²) < 4.78 is 1.96. The van der Waals surface area contributed by atoms with Crippen LogP contribution < -0.4 is 10.6 Å². The first-order valence-corrected chi connectivity index (χ1v) is 9.83. The number of rotatable bonds is 6. The van der Waals surface area contributed by atoms with Crippen LogP contribution in [0.4, 0.5) is 0 Å². The van der Waals surface area contributed by atoms with E-state index in [0.717, 1.165) is 24.6 Å². The van der Waals surface area contributed by atoms with Crippen LogP contribution in [0, 0.1) is 34.6 Å². The molecule has 1 unspecified atom stereocenters. The van der Waals surface area contributed by atoms with Crippen LogP contribution in [0.3, 0.4) is 0 Å². The van der Waals surface area contributed by atoms with Gasteiger partial charge in [-0.15, -0.1) is 0 Å². The maximum atomic E-state index is 4.84. The van der Waals surface area contributed by atoms with E-state index in [9.17, 15) is 0 Å². The summed E-state index contributed by atoms with van der Waals surface area (Å²) >= 11 is 0. The summed E-state index contributed by atoms with van der Waals surface area (Å²) in [4.78, 5) is 4.84. The van der Waals surface area contributed by atoms with Crippen molar-refractivity contribution < 1.29 is 0 Å². The van der Waals surface area contributed by atoms with Gasteiger partial charge in [-0.25, -0.2) is 4.99 Å². The molecule has 1 heterocycles. The van der Waals surface area contributed by atoms with Crippen molar-refractivity contribution in [3.05, 3.63) is 51.3 Å². The first kappa shape index (κ1) is 21.0. The molecule has 2 rings (SSSR count). The third-order valence-corrected chi connectivity index (χ3v) is 5.13. The van der Waals surface area contributed by atoms with Gasteiger partial charge in [0, 0.05) is 25.3 Å². The van der Waals surface area contributed by atoms with Crippen LogP contribution in [0.1, 0.15) is 53.1 Å². The van der Waals surface area contributed by atoms with Crippen LogP contribution in [0.5, 0.6) is 0 Å². The molecule has 0 saturated heterocycles. The Balaban J connectivity index is 2.11. The molecule has 0 fully saturated rings. The Bertz CT molecular complexity index is 793. The molecule has 0 radical (unpaired) electrons. The smallest absolute Gasteiger partial charge is 0.191 e. The summed E-state index contributed by atoms with van der Waals surface area (Å²) in [6, 6.07) is 4.73. The predicted octanol–water partition coefficient (Wildman–Crippen LogP) is 3.65. The molecule has 1 aromatic carbocycles. The third kappa shape index (κ3) is 5.34. The van der Waals surface area contributed by atoms with Gasteiger partial charge in [-0.1, -0.05) is 17.7 Å². The number of nitrogens with zero attached hydrogens (tertiary/aromatic N) is 3. The van der Waals surface area contributed by atoms with Gasteiger partial charge >= 0.3 is 0 Å². The zero-order valence-electron chi connectivity index (χ0n) is 18.2. The lowest BCUT2D eigenvalue weighted by molar-refractivity contribution is 0.635. The van der Waals surface area contributed by atoms with E-state index in [-0.39, 0.29) is 6.04 Å². The van der Waals surface area contributed by atoms with E-state index >= 15 is 0 Å². The molecule has 0 saturated carbocycles. The van der Waals surface area contributed by atoms with E-state index < -0.39 is 0 Å². The topological polar surface area (TPSA) is 54.2 Å². The van der Waals surface area contributed by atoms with Crippen molar-refractivity contribution in [2.45, 2.75) is 67.5 Å². The van der Waals surface area contributed by atoms with Crippen LogP contribution in [0.2, 0.25) is 0 Å². The second-order valence-corrected chi connectivity index (χ2v) is 7.59. The highest BCUT2D eigenvalue weighted by Crippen LogP contribution is 2.17. The highest BCUT2D eigenvalue weighted by Gasteiger charge is 2.14. The van der Waals surface area contributed by atoms with Gasteiger partial charge in [0.25, 0.3) is 0 Å². The third-order valence-electron chi connectivity index (χ3n) is 5.13. The van der Waals surface area contributed by atoms with Gasteiger partial charge in [0.15, 0.2) is 5.96 Å². The number of guanidine groups is 1. The average molecular weight is 370 g/mol. The molecule has 0 aliphatic carbocycles. The largest absolute Gasteiger partial charge is 0.357 e. The van der Waals surface area contributed by atoms with Gasteiger partial charge in [0.1, 0.15) is 0 Å². The van der Waals surface area contributed by atoms with Crippen LogP contribution in [0.25, 0.3) is 0 Å². The van der Waals surface area contributed by atoms with Crippen molar-refractivity contribution in [1.29, 1.82) is 0 Å². The molecule has 1 aromatic heterocycles. The molecule has 5 nitrogen and oxygen atoms in total. The van der Waals surface area contributed by atoms with E-state index in [2.05, 4.69) is 76.3 Å². The Morgan fingerprint density at radius 2 is 1.74 bits per heavy atom. The zero-order valence-corrected chi connectivity index (χ0v) is 18.2. The molecule has 0 aliphatic rings. The number of aryl methyl sites for hydroxylation is 5. The zero-order chi connectivity index (χ0) is 20.1. The number of benzene rings is 1. The van der Waals surface area contributed by atoms with Gasteiger partial charge in [0.2, 0.25) is 0 Å². The fraction of sp³-hybridized carbons (Fsp3) is 0.545. The van der Waals surface area contributed by atoms with E-state index in [1.54, 1.807) is 0 Å². The number of aromatic nitrogens is 2. The van der Waals surface area contributed by atoms with Crippen molar-refractivity contribution in [1.82, 2.24) is 20.4 Å². The quantitative estimate of drug-likeness (QED) is 0.604. The minimum atomic E-state index is 0.268. The minimum Gasteiger partial charge on any atom is -0.357 e. The molecule has 0 amide bonds. The van der Waals surface area contributed by atoms with Crippen molar-refractivity contribution in [2.75, 3.05) is 6.54 Å². The SMILES string of the molecule is CCNC(=NCc1c(C)cc(C)cc1C)NC(C)Cc1c(C)nn(C)c1C. The summed E-state index contributed by atoms with van der Waals surface area (Å²) in [6.45, 7) is 16.5. The van der Waals surface area contributed by atoms with Gasteiger partial charge in [-0.3, -0.25) is 4.68 Å². The Morgan fingerprint density at radius 1 is 1.11 bits per heavy atom. The van der Waals surface area contributed by atoms with E-state index in [4.69, 9.17) is 4.99 Å². The molecule has 0 spiro atoms. The second kappa shape index (κ2) is 9.07. The van der Waals surface area contributed by atoms with E-state index in [1.807, 2.05) is 11.7 Å². The fourth-order valence-corrected chi connectivity index (χ4v) is 3.64. The molecule has 148 valence electrons. The molecule has 27 heavy (non-hydrogen) atoms. The maximum Gasteiger partial charge on any atom is 0.191 e. The Labute approximate surface area is 164 Å². The first-order chi connectivity index (χ1) is 12.7. The second-order valence-electron chi connectivity index (χ2n) is 7.59. The van der Waals surface area contributed by atoms with Gasteiger partial charge in [-0.05, 0) is 77.1 Å². The summed E-state index contributed by atoms with van der Waals surface area (Å²) in [7, 11) is 2.00. The molecular weight excluding hydrogens is 334 g/mol. The van der Waals surface area contributed by atoms with Crippen molar-refractivity contribution >= 4 is 5.96 Å². The molecule has 5 heteroatoms. The predicted molar refractivity (Wildman–Crippen MR) is 114 cm³/mol. The van der Waals surface area contributed by atoms with Crippen molar-refractivity contribution in [3.8, 4) is 0 Å². The lowest BCUT2D eigenvalue weighted by Crippen LogP contribution is -2.43. The molecule has 2 aromatic rings. The van der Waals surface area contributed by atoms with Gasteiger partial charge in [-0.2, -0.15) is 5.10 Å². The Kier molecular flexibility index (Phi) is 7.05. The Hall–Kier alpha value is -2.30. The fourth-order valence-electron chi connectivity index (χ4n) is 3.64. The Morgan fingerprint density at radius 3 is 2.26 bits per heavy atom. The van der Waals surface area contributed by atoms with Crippen LogP contribution >= 0.6 is 0 Å². The number of hydrogen-bond donors (Lipinski definition) is 2. The maximum absolute atomic E-state index is 4.84. The van der Waals surface area contributed by atoms with E-state index in [1.165, 1.54) is 33.5 Å². The van der Waals surface area contributed by atoms with Crippen LogP contribution in [-0.4, -0.2) is 28.3 Å². The lowest BCUT2D eigenvalue weighted by Gasteiger charge is -2.18. The van der Waals surface area contributed by atoms with Gasteiger partial charge < -0.3 is 10.6 Å². The summed E-state index contributed by atoms with van der Waals surface area (Å²) in [6.07, 6.45) is 0.929. The molecule has 2 N–H and O–H groups in total. The summed E-state index contributed by atoms with van der Waals surface area (Å²) in [5, 5.41) is 11.4.